The van der Waals surface area contributed by atoms with Crippen molar-refractivity contribution in [3.63, 3.8) is 0 Å². The van der Waals surface area contributed by atoms with Gasteiger partial charge >= 0.3 is 5.97 Å². The second-order valence-corrected chi connectivity index (χ2v) is 5.74. The van der Waals surface area contributed by atoms with Crippen LogP contribution in [0.3, 0.4) is 0 Å². The van der Waals surface area contributed by atoms with Gasteiger partial charge in [0.25, 0.3) is 0 Å². The highest BCUT2D eigenvalue weighted by atomic mass is 35.5. The van der Waals surface area contributed by atoms with Crippen LogP contribution < -0.4 is 14.2 Å². The zero-order valence-corrected chi connectivity index (χ0v) is 14.4. The topological polar surface area (TPSA) is 54.0 Å². The first-order chi connectivity index (χ1) is 12.2. The Balaban J connectivity index is 1.61. The summed E-state index contributed by atoms with van der Waals surface area (Å²) in [6.07, 6.45) is 3.03. The standard InChI is InChI=1S/C19H17ClO5/c1-22-16-6-4-15(20)11-14(16)12-25-19(21)7-3-13-2-5-17-18(10-13)24-9-8-23-17/h2-7,10-11H,8-9,12H2,1H3/b7-3+. The second kappa shape index (κ2) is 7.94. The number of esters is 1. The van der Waals surface area contributed by atoms with Crippen LogP contribution in [0.4, 0.5) is 0 Å². The fraction of sp³-hybridized carbons (Fsp3) is 0.211. The monoisotopic (exact) mass is 360 g/mol. The highest BCUT2D eigenvalue weighted by Gasteiger charge is 2.11. The summed E-state index contributed by atoms with van der Waals surface area (Å²) in [6.45, 7) is 1.14. The van der Waals surface area contributed by atoms with E-state index in [9.17, 15) is 4.79 Å². The molecule has 0 bridgehead atoms. The van der Waals surface area contributed by atoms with Crippen molar-refractivity contribution < 1.29 is 23.7 Å². The maximum atomic E-state index is 11.9. The summed E-state index contributed by atoms with van der Waals surface area (Å²) in [4.78, 5) is 11.9. The van der Waals surface area contributed by atoms with Gasteiger partial charge in [-0.3, -0.25) is 0 Å². The smallest absolute Gasteiger partial charge is 0.331 e. The van der Waals surface area contributed by atoms with E-state index in [1.54, 1.807) is 31.4 Å². The average molecular weight is 361 g/mol. The lowest BCUT2D eigenvalue weighted by Gasteiger charge is -2.18. The van der Waals surface area contributed by atoms with Crippen molar-refractivity contribution in [2.24, 2.45) is 0 Å². The van der Waals surface area contributed by atoms with Gasteiger partial charge in [0.1, 0.15) is 25.6 Å². The van der Waals surface area contributed by atoms with Crippen LogP contribution in [-0.4, -0.2) is 26.3 Å². The van der Waals surface area contributed by atoms with E-state index >= 15 is 0 Å². The minimum absolute atomic E-state index is 0.0774. The van der Waals surface area contributed by atoms with E-state index < -0.39 is 5.97 Å². The van der Waals surface area contributed by atoms with Gasteiger partial charge in [0.2, 0.25) is 0 Å². The Morgan fingerprint density at radius 3 is 2.76 bits per heavy atom. The quantitative estimate of drug-likeness (QED) is 0.598. The number of halogens is 1. The molecule has 2 aromatic rings. The SMILES string of the molecule is COc1ccc(Cl)cc1COC(=O)/C=C/c1ccc2c(c1)OCCO2. The third kappa shape index (κ3) is 4.45. The van der Waals surface area contributed by atoms with Gasteiger partial charge in [0.15, 0.2) is 11.5 Å². The van der Waals surface area contributed by atoms with Crippen molar-refractivity contribution >= 4 is 23.6 Å². The van der Waals surface area contributed by atoms with Crippen molar-refractivity contribution in [2.75, 3.05) is 20.3 Å². The number of rotatable bonds is 5. The number of hydrogen-bond donors (Lipinski definition) is 0. The summed E-state index contributed by atoms with van der Waals surface area (Å²) in [6, 6.07) is 10.6. The van der Waals surface area contributed by atoms with Crippen molar-refractivity contribution in [1.29, 1.82) is 0 Å². The summed E-state index contributed by atoms with van der Waals surface area (Å²) in [5, 5.41) is 0.554. The van der Waals surface area contributed by atoms with Gasteiger partial charge in [-0.2, -0.15) is 0 Å². The second-order valence-electron chi connectivity index (χ2n) is 5.30. The Hall–Kier alpha value is -2.66. The molecule has 0 N–H and O–H groups in total. The van der Waals surface area contributed by atoms with Gasteiger partial charge in [-0.05, 0) is 42.0 Å². The van der Waals surface area contributed by atoms with Crippen molar-refractivity contribution in [3.8, 4) is 17.2 Å². The number of ether oxygens (including phenoxy) is 4. The van der Waals surface area contributed by atoms with Gasteiger partial charge in [-0.1, -0.05) is 17.7 Å². The predicted molar refractivity (Wildman–Crippen MR) is 94.3 cm³/mol. The van der Waals surface area contributed by atoms with Crippen molar-refractivity contribution in [1.82, 2.24) is 0 Å². The highest BCUT2D eigenvalue weighted by Crippen LogP contribution is 2.31. The molecule has 0 aliphatic carbocycles. The molecule has 0 fully saturated rings. The number of carbonyl (C=O) groups is 1. The third-order valence-electron chi connectivity index (χ3n) is 3.59. The molecule has 0 amide bonds. The molecule has 6 heteroatoms. The van der Waals surface area contributed by atoms with Crippen molar-refractivity contribution in [3.05, 3.63) is 58.6 Å². The lowest BCUT2D eigenvalue weighted by Crippen LogP contribution is -2.15. The first-order valence-electron chi connectivity index (χ1n) is 7.72. The third-order valence-corrected chi connectivity index (χ3v) is 3.83. The van der Waals surface area contributed by atoms with Gasteiger partial charge in [-0.15, -0.1) is 0 Å². The fourth-order valence-electron chi connectivity index (χ4n) is 2.38. The average Bonchev–Trinajstić information content (AvgIpc) is 2.64. The minimum atomic E-state index is -0.461. The molecule has 3 rings (SSSR count). The van der Waals surface area contributed by atoms with E-state index in [0.717, 1.165) is 5.56 Å². The molecule has 0 saturated heterocycles. The fourth-order valence-corrected chi connectivity index (χ4v) is 2.58. The van der Waals surface area contributed by atoms with E-state index in [2.05, 4.69) is 0 Å². The first kappa shape index (κ1) is 17.2. The first-order valence-corrected chi connectivity index (χ1v) is 8.10. The van der Waals surface area contributed by atoms with E-state index in [-0.39, 0.29) is 6.61 Å². The van der Waals surface area contributed by atoms with Gasteiger partial charge in [0, 0.05) is 16.7 Å². The van der Waals surface area contributed by atoms with Crippen LogP contribution in [0, 0.1) is 0 Å². The Bertz CT molecular complexity index is 800. The summed E-state index contributed by atoms with van der Waals surface area (Å²) < 4.78 is 21.4. The molecule has 0 radical (unpaired) electrons. The van der Waals surface area contributed by atoms with Crippen molar-refractivity contribution in [2.45, 2.75) is 6.61 Å². The number of carbonyl (C=O) groups excluding carboxylic acids is 1. The lowest BCUT2D eigenvalue weighted by atomic mass is 10.2. The minimum Gasteiger partial charge on any atom is -0.496 e. The molecular weight excluding hydrogens is 344 g/mol. The van der Waals surface area contributed by atoms with E-state index in [1.165, 1.54) is 6.08 Å². The molecule has 0 unspecified atom stereocenters. The molecule has 0 spiro atoms. The van der Waals surface area contributed by atoms with E-state index in [4.69, 9.17) is 30.5 Å². The maximum absolute atomic E-state index is 11.9. The maximum Gasteiger partial charge on any atom is 0.331 e. The van der Waals surface area contributed by atoms with Gasteiger partial charge < -0.3 is 18.9 Å². The lowest BCUT2D eigenvalue weighted by molar-refractivity contribution is -0.138. The molecule has 1 heterocycles. The number of benzene rings is 2. The summed E-state index contributed by atoms with van der Waals surface area (Å²) in [7, 11) is 1.55. The van der Waals surface area contributed by atoms with Crippen LogP contribution in [0.1, 0.15) is 11.1 Å². The molecule has 25 heavy (non-hydrogen) atoms. The number of fused-ring (bicyclic) bond motifs is 1. The van der Waals surface area contributed by atoms with Crippen LogP contribution in [0.2, 0.25) is 5.02 Å². The Morgan fingerprint density at radius 2 is 1.96 bits per heavy atom. The molecular formula is C19H17ClO5. The van der Waals surface area contributed by atoms with Crippen LogP contribution in [-0.2, 0) is 16.1 Å². The van der Waals surface area contributed by atoms with E-state index in [0.29, 0.717) is 41.0 Å². The predicted octanol–water partition coefficient (Wildman–Crippen LogP) is 3.88. The van der Waals surface area contributed by atoms with Crippen LogP contribution in [0.5, 0.6) is 17.2 Å². The van der Waals surface area contributed by atoms with Gasteiger partial charge in [0.05, 0.1) is 7.11 Å². The normalized spacial score (nSPS) is 12.9. The molecule has 0 aromatic heterocycles. The molecule has 2 aromatic carbocycles. The molecule has 130 valence electrons. The van der Waals surface area contributed by atoms with Crippen LogP contribution in [0.25, 0.3) is 6.08 Å². The Labute approximate surface area is 150 Å². The molecule has 1 aliphatic rings. The molecule has 0 saturated carbocycles. The zero-order chi connectivity index (χ0) is 17.6. The summed E-state index contributed by atoms with van der Waals surface area (Å²) >= 11 is 5.96. The number of methoxy groups -OCH3 is 1. The van der Waals surface area contributed by atoms with Crippen LogP contribution >= 0.6 is 11.6 Å². The Morgan fingerprint density at radius 1 is 1.16 bits per heavy atom. The molecule has 5 nitrogen and oxygen atoms in total. The summed E-state index contributed by atoms with van der Waals surface area (Å²) in [5.74, 6) is 1.54. The largest absolute Gasteiger partial charge is 0.496 e. The molecule has 1 aliphatic heterocycles. The summed E-state index contributed by atoms with van der Waals surface area (Å²) in [5.41, 5.74) is 1.53. The van der Waals surface area contributed by atoms with Crippen LogP contribution in [0.15, 0.2) is 42.5 Å². The van der Waals surface area contributed by atoms with Gasteiger partial charge in [-0.25, -0.2) is 4.79 Å². The zero-order valence-electron chi connectivity index (χ0n) is 13.7. The Kier molecular flexibility index (Phi) is 5.46. The highest BCUT2D eigenvalue weighted by molar-refractivity contribution is 6.30. The molecule has 0 atom stereocenters. The number of hydrogen-bond acceptors (Lipinski definition) is 5. The van der Waals surface area contributed by atoms with E-state index in [1.807, 2.05) is 18.2 Å².